The zero-order valence-corrected chi connectivity index (χ0v) is 29.1. The molecule has 0 saturated carbocycles. The van der Waals surface area contributed by atoms with E-state index in [0.717, 1.165) is 37.1 Å². The molecule has 2 atom stereocenters. The minimum atomic E-state index is -1.13. The number of likely N-dealkylation sites (tertiary alicyclic amines) is 3. The van der Waals surface area contributed by atoms with Gasteiger partial charge in [0.25, 0.3) is 5.91 Å². The number of aromatic hydroxyl groups is 1. The van der Waals surface area contributed by atoms with Crippen molar-refractivity contribution in [3.05, 3.63) is 52.0 Å². The summed E-state index contributed by atoms with van der Waals surface area (Å²) in [6.45, 7) is 2.94. The molecule has 4 amide bonds. The Hall–Kier alpha value is -3.78. The first kappa shape index (κ1) is 35.1. The Balaban J connectivity index is 1.09. The third-order valence-corrected chi connectivity index (χ3v) is 11.1. The number of carboxylic acids is 1. The Morgan fingerprint density at radius 1 is 0.939 bits per heavy atom. The molecule has 14 heteroatoms. The van der Waals surface area contributed by atoms with Gasteiger partial charge in [-0.15, -0.1) is 0 Å². The Labute approximate surface area is 296 Å². The number of hydrogen-bond acceptors (Lipinski definition) is 7. The Morgan fingerprint density at radius 2 is 1.63 bits per heavy atom. The summed E-state index contributed by atoms with van der Waals surface area (Å²) in [4.78, 5) is 59.8. The van der Waals surface area contributed by atoms with Gasteiger partial charge in [0, 0.05) is 56.9 Å². The van der Waals surface area contributed by atoms with Gasteiger partial charge in [0.1, 0.15) is 19.6 Å². The number of para-hydroxylation sites is 1. The minimum absolute atomic E-state index is 0.0324. The second-order valence-corrected chi connectivity index (χ2v) is 14.3. The number of urea groups is 1. The first-order valence-corrected chi connectivity index (χ1v) is 18.0. The van der Waals surface area contributed by atoms with Gasteiger partial charge in [-0.2, -0.15) is 0 Å². The number of piperidine rings is 3. The molecule has 0 aromatic heterocycles. The monoisotopic (exact) mass is 735 g/mol. The van der Waals surface area contributed by atoms with Crippen LogP contribution in [0, 0.1) is 0 Å². The molecule has 0 spiro atoms. The quantitative estimate of drug-likeness (QED) is 0.367. The van der Waals surface area contributed by atoms with Crippen molar-refractivity contribution in [3.63, 3.8) is 0 Å². The normalized spacial score (nSPS) is 21.8. The molecule has 0 bridgehead atoms. The maximum absolute atomic E-state index is 14.0. The number of anilines is 1. The molecule has 49 heavy (non-hydrogen) atoms. The van der Waals surface area contributed by atoms with Crippen molar-refractivity contribution in [2.24, 2.45) is 0 Å². The summed E-state index contributed by atoms with van der Waals surface area (Å²) in [7, 11) is 6.00. The highest BCUT2D eigenvalue weighted by Gasteiger charge is 2.39. The Bertz CT molecular complexity index is 1540. The fourth-order valence-electron chi connectivity index (χ4n) is 7.76. The molecule has 3 N–H and O–H groups in total. The number of benzene rings is 2. The first-order valence-electron chi connectivity index (χ1n) is 17.2. The average Bonchev–Trinajstić information content (AvgIpc) is 3.28. The summed E-state index contributed by atoms with van der Waals surface area (Å²) in [6, 6.07) is 10.4. The van der Waals surface area contributed by atoms with Gasteiger partial charge in [-0.25, -0.2) is 9.59 Å². The Kier molecular flexibility index (Phi) is 11.0. The van der Waals surface area contributed by atoms with Crippen LogP contribution in [0.1, 0.15) is 56.1 Å². The highest BCUT2D eigenvalue weighted by molar-refractivity contribution is 9.10. The van der Waals surface area contributed by atoms with E-state index in [-0.39, 0.29) is 41.7 Å². The van der Waals surface area contributed by atoms with E-state index in [2.05, 4.69) is 26.1 Å². The maximum atomic E-state index is 14.0. The number of carbonyl (C=O) groups is 4. The number of fused-ring (bicyclic) bond motifs is 1. The molecule has 260 valence electrons. The van der Waals surface area contributed by atoms with Gasteiger partial charge < -0.3 is 35.0 Å². The minimum Gasteiger partial charge on any atom is -0.507 e. The van der Waals surface area contributed by atoms with Crippen molar-refractivity contribution in [1.29, 1.82) is 0 Å². The average molecular weight is 736 g/mol. The van der Waals surface area contributed by atoms with Crippen LogP contribution in [-0.2, 0) is 27.2 Å². The number of phenols is 1. The number of nitrogens with one attached hydrogen (secondary N) is 1. The van der Waals surface area contributed by atoms with E-state index in [1.807, 2.05) is 29.2 Å². The molecule has 2 aromatic carbocycles. The molecule has 4 aliphatic heterocycles. The maximum Gasteiger partial charge on any atom is 0.410 e. The number of hydrogen-bond donors (Lipinski definition) is 3. The zero-order chi connectivity index (χ0) is 34.7. The highest BCUT2D eigenvalue weighted by Crippen LogP contribution is 2.29. The van der Waals surface area contributed by atoms with Gasteiger partial charge in [-0.05, 0) is 90.7 Å². The van der Waals surface area contributed by atoms with Gasteiger partial charge in [-0.3, -0.25) is 14.5 Å². The molecule has 0 unspecified atom stereocenters. The first-order chi connectivity index (χ1) is 23.6. The van der Waals surface area contributed by atoms with E-state index in [1.165, 1.54) is 0 Å². The lowest BCUT2D eigenvalue weighted by atomic mass is 9.91. The molecular weight excluding hydrogens is 693 g/mol. The second-order valence-electron chi connectivity index (χ2n) is 13.5. The molecule has 4 heterocycles. The van der Waals surface area contributed by atoms with Crippen LogP contribution >= 0.6 is 15.9 Å². The third-order valence-electron chi connectivity index (χ3n) is 10.5. The van der Waals surface area contributed by atoms with Crippen LogP contribution in [-0.4, -0.2) is 125 Å². The van der Waals surface area contributed by atoms with Crippen LogP contribution in [0.4, 0.5) is 15.3 Å². The fourth-order valence-corrected chi connectivity index (χ4v) is 8.29. The van der Waals surface area contributed by atoms with Crippen molar-refractivity contribution >= 4 is 58.9 Å². The van der Waals surface area contributed by atoms with Gasteiger partial charge in [-0.1, -0.05) is 36.1 Å². The number of aliphatic carboxylic acids is 1. The van der Waals surface area contributed by atoms with Crippen molar-refractivity contribution < 1.29 is 34.1 Å². The van der Waals surface area contributed by atoms with Crippen molar-refractivity contribution in [1.82, 2.24) is 19.6 Å². The zero-order valence-electron chi connectivity index (χ0n) is 27.6. The van der Waals surface area contributed by atoms with Crippen LogP contribution < -0.4 is 10.8 Å². The SMILES string of the molecule is [B]c1cc(C[C@@H](OC(=O)N2CCC(N3CCc4ccccc4NC3=O)CC2)C(=O)N2CCC(N3CCCC[C@H]3C(=O)O)CC2)cc(Br)c1O. The van der Waals surface area contributed by atoms with Crippen molar-refractivity contribution in [2.75, 3.05) is 44.6 Å². The van der Waals surface area contributed by atoms with Crippen LogP contribution in [0.25, 0.3) is 0 Å². The van der Waals surface area contributed by atoms with E-state index >= 15 is 0 Å². The summed E-state index contributed by atoms with van der Waals surface area (Å²) in [5.41, 5.74) is 2.68. The molecule has 4 aliphatic rings. The predicted octanol–water partition coefficient (Wildman–Crippen LogP) is 3.48. The standard InChI is InChI=1S/C35H43BBrN5O7/c36-26-19-22(20-27(37)31(26)43)21-30(32(44)39-14-9-24(10-15-39)41-13-4-3-7-29(41)33(45)46)49-35(48)40-16-11-25(12-17-40)42-18-8-23-5-1-2-6-28(23)38-34(42)47/h1-2,5-6,19-20,24-25,29-30,43H,3-4,7-18,21H2,(H,38,47)(H,45,46)/t29-,30+/m0/s1. The molecule has 6 rings (SSSR count). The van der Waals surface area contributed by atoms with E-state index in [0.29, 0.717) is 74.9 Å². The number of carboxylic acid groups (broad SMARTS) is 1. The summed E-state index contributed by atoms with van der Waals surface area (Å²) in [5, 5.41) is 23.0. The number of carbonyl (C=O) groups excluding carboxylic acids is 3. The Morgan fingerprint density at radius 3 is 2.35 bits per heavy atom. The highest BCUT2D eigenvalue weighted by atomic mass is 79.9. The van der Waals surface area contributed by atoms with Gasteiger partial charge in [0.2, 0.25) is 0 Å². The number of halogens is 1. The molecule has 2 aromatic rings. The topological polar surface area (TPSA) is 143 Å². The van der Waals surface area contributed by atoms with Gasteiger partial charge in [0.15, 0.2) is 6.10 Å². The van der Waals surface area contributed by atoms with Crippen molar-refractivity contribution in [3.8, 4) is 5.75 Å². The van der Waals surface area contributed by atoms with Gasteiger partial charge >= 0.3 is 18.1 Å². The summed E-state index contributed by atoms with van der Waals surface area (Å²) in [5.74, 6) is -1.22. The smallest absolute Gasteiger partial charge is 0.410 e. The molecule has 3 saturated heterocycles. The fraction of sp³-hybridized carbons (Fsp3) is 0.543. The molecule has 12 nitrogen and oxygen atoms in total. The van der Waals surface area contributed by atoms with Crippen LogP contribution in [0.2, 0.25) is 0 Å². The number of ether oxygens (including phenoxy) is 1. The molecule has 0 aliphatic carbocycles. The third kappa shape index (κ3) is 8.01. The number of phenolic OH excluding ortho intramolecular Hbond substituents is 1. The van der Waals surface area contributed by atoms with Gasteiger partial charge in [0.05, 0.1) is 4.47 Å². The predicted molar refractivity (Wildman–Crippen MR) is 187 cm³/mol. The largest absolute Gasteiger partial charge is 0.507 e. The van der Waals surface area contributed by atoms with Crippen LogP contribution in [0.5, 0.6) is 5.75 Å². The molecule has 2 radical (unpaired) electrons. The van der Waals surface area contributed by atoms with E-state index in [1.54, 1.807) is 21.9 Å². The number of amides is 4. The molecular formula is C35H43BBrN5O7. The number of nitrogens with zero attached hydrogens (tertiary/aromatic N) is 4. The van der Waals surface area contributed by atoms with E-state index < -0.39 is 24.2 Å². The summed E-state index contributed by atoms with van der Waals surface area (Å²) < 4.78 is 6.34. The summed E-state index contributed by atoms with van der Waals surface area (Å²) in [6.07, 6.45) is 4.01. The number of rotatable bonds is 7. The van der Waals surface area contributed by atoms with E-state index in [4.69, 9.17) is 12.6 Å². The van der Waals surface area contributed by atoms with Crippen molar-refractivity contribution in [2.45, 2.75) is 82.0 Å². The lowest BCUT2D eigenvalue weighted by Crippen LogP contribution is -2.55. The lowest BCUT2D eigenvalue weighted by molar-refractivity contribution is -0.148. The second kappa shape index (κ2) is 15.4. The van der Waals surface area contributed by atoms with E-state index in [9.17, 15) is 29.4 Å². The summed E-state index contributed by atoms with van der Waals surface area (Å²) >= 11 is 3.31. The molecule has 3 fully saturated rings. The van der Waals surface area contributed by atoms with Crippen LogP contribution in [0.15, 0.2) is 40.9 Å². The van der Waals surface area contributed by atoms with Crippen LogP contribution in [0.3, 0.4) is 0 Å². The lowest BCUT2D eigenvalue weighted by Gasteiger charge is -2.43.